The summed E-state index contributed by atoms with van der Waals surface area (Å²) in [6.45, 7) is 1.01. The van der Waals surface area contributed by atoms with Crippen molar-refractivity contribution in [3.8, 4) is 17.1 Å². The van der Waals surface area contributed by atoms with Gasteiger partial charge in [0.15, 0.2) is 0 Å². The zero-order valence-corrected chi connectivity index (χ0v) is 9.87. The molecule has 0 fully saturated rings. The third kappa shape index (κ3) is 2.11. The molecule has 0 aliphatic carbocycles. The van der Waals surface area contributed by atoms with Gasteiger partial charge in [0.1, 0.15) is 5.75 Å². The molecule has 0 spiro atoms. The third-order valence-corrected chi connectivity index (χ3v) is 2.59. The Hall–Kier alpha value is -1.59. The van der Waals surface area contributed by atoms with Crippen LogP contribution in [0.2, 0.25) is 0 Å². The Balaban J connectivity index is 0.00000108. The minimum Gasteiger partial charge on any atom is -0.493 e. The van der Waals surface area contributed by atoms with E-state index in [9.17, 15) is 0 Å². The third-order valence-electron chi connectivity index (χ3n) is 2.59. The second-order valence-electron chi connectivity index (χ2n) is 3.64. The average molecular weight is 254 g/mol. The largest absolute Gasteiger partial charge is 0.493 e. The molecule has 0 radical (unpaired) electrons. The number of halogens is 1. The lowest BCUT2D eigenvalue weighted by Gasteiger charge is -1.99. The quantitative estimate of drug-likeness (QED) is 0.879. The van der Waals surface area contributed by atoms with E-state index in [1.54, 1.807) is 0 Å². The van der Waals surface area contributed by atoms with Gasteiger partial charge in [0, 0.05) is 12.0 Å². The van der Waals surface area contributed by atoms with Crippen molar-refractivity contribution in [2.45, 2.75) is 13.0 Å². The van der Waals surface area contributed by atoms with Crippen molar-refractivity contribution in [1.29, 1.82) is 0 Å². The molecule has 0 amide bonds. The maximum absolute atomic E-state index is 5.43. The second-order valence-corrected chi connectivity index (χ2v) is 3.64. The van der Waals surface area contributed by atoms with E-state index in [4.69, 9.17) is 15.0 Å². The summed E-state index contributed by atoms with van der Waals surface area (Å²) < 4.78 is 10.4. The van der Waals surface area contributed by atoms with Crippen LogP contribution >= 0.6 is 12.4 Å². The number of ether oxygens (including phenoxy) is 1. The summed E-state index contributed by atoms with van der Waals surface area (Å²) in [6.07, 6.45) is 0.935. The second kappa shape index (κ2) is 4.73. The fraction of sp³-hybridized carbons (Fsp3) is 0.273. The summed E-state index contributed by atoms with van der Waals surface area (Å²) in [5, 5.41) is 3.88. The van der Waals surface area contributed by atoms with Gasteiger partial charge < -0.3 is 15.0 Å². The number of benzene rings is 1. The number of fused-ring (bicyclic) bond motifs is 1. The van der Waals surface area contributed by atoms with Gasteiger partial charge in [0.2, 0.25) is 11.7 Å². The number of hydrogen-bond acceptors (Lipinski definition) is 5. The molecule has 6 heteroatoms. The first-order valence-corrected chi connectivity index (χ1v) is 5.15. The summed E-state index contributed by atoms with van der Waals surface area (Å²) in [5.41, 5.74) is 7.54. The van der Waals surface area contributed by atoms with E-state index in [1.807, 2.05) is 18.2 Å². The average Bonchev–Trinajstić information content (AvgIpc) is 2.96. The highest BCUT2D eigenvalue weighted by atomic mass is 35.5. The minimum atomic E-state index is 0. The van der Waals surface area contributed by atoms with Gasteiger partial charge in [0.05, 0.1) is 13.2 Å². The molecule has 2 heterocycles. The first kappa shape index (κ1) is 11.9. The highest BCUT2D eigenvalue weighted by Crippen LogP contribution is 2.29. The summed E-state index contributed by atoms with van der Waals surface area (Å²) in [7, 11) is 0. The Kier molecular flexibility index (Phi) is 3.31. The van der Waals surface area contributed by atoms with Crippen LogP contribution in [-0.2, 0) is 13.0 Å². The predicted molar refractivity (Wildman–Crippen MR) is 64.1 cm³/mol. The molecule has 0 bridgehead atoms. The first-order chi connectivity index (χ1) is 7.86. The van der Waals surface area contributed by atoms with Crippen molar-refractivity contribution in [2.75, 3.05) is 6.61 Å². The van der Waals surface area contributed by atoms with Crippen molar-refractivity contribution >= 4 is 12.4 Å². The van der Waals surface area contributed by atoms with Crippen LogP contribution in [0, 0.1) is 0 Å². The Morgan fingerprint density at radius 1 is 1.35 bits per heavy atom. The minimum absolute atomic E-state index is 0. The number of nitrogens with zero attached hydrogens (tertiary/aromatic N) is 2. The molecular weight excluding hydrogens is 242 g/mol. The molecule has 1 aromatic carbocycles. The fourth-order valence-electron chi connectivity index (χ4n) is 1.78. The van der Waals surface area contributed by atoms with Crippen LogP contribution in [0.25, 0.3) is 11.4 Å². The highest BCUT2D eigenvalue weighted by Gasteiger charge is 2.14. The molecule has 90 valence electrons. The Bertz CT molecular complexity index is 527. The van der Waals surface area contributed by atoms with Gasteiger partial charge >= 0.3 is 0 Å². The molecule has 5 nitrogen and oxygen atoms in total. The number of nitrogens with two attached hydrogens (primary N) is 1. The SMILES string of the molecule is Cl.NCc1nc(-c2ccc3c(c2)CCO3)no1. The number of rotatable bonds is 2. The molecule has 1 aliphatic heterocycles. The summed E-state index contributed by atoms with van der Waals surface area (Å²) in [5.74, 6) is 1.98. The summed E-state index contributed by atoms with van der Waals surface area (Å²) in [6, 6.07) is 5.90. The van der Waals surface area contributed by atoms with Gasteiger partial charge in [0.25, 0.3) is 0 Å². The van der Waals surface area contributed by atoms with E-state index in [1.165, 1.54) is 5.56 Å². The zero-order chi connectivity index (χ0) is 11.0. The van der Waals surface area contributed by atoms with Crippen LogP contribution in [-0.4, -0.2) is 16.7 Å². The standard InChI is InChI=1S/C11H11N3O2.ClH/c12-6-10-13-11(14-16-10)8-1-2-9-7(5-8)3-4-15-9;/h1-2,5H,3-4,6,12H2;1H. The maximum Gasteiger partial charge on any atom is 0.240 e. The molecule has 1 aromatic heterocycles. The molecule has 17 heavy (non-hydrogen) atoms. The molecule has 0 saturated heterocycles. The van der Waals surface area contributed by atoms with Gasteiger partial charge in [-0.3, -0.25) is 0 Å². The van der Waals surface area contributed by atoms with Gasteiger partial charge in [-0.25, -0.2) is 0 Å². The predicted octanol–water partition coefficient (Wildman–Crippen LogP) is 1.55. The Morgan fingerprint density at radius 2 is 2.24 bits per heavy atom. The van der Waals surface area contributed by atoms with Gasteiger partial charge in [-0.1, -0.05) is 5.16 Å². The highest BCUT2D eigenvalue weighted by molar-refractivity contribution is 5.85. The van der Waals surface area contributed by atoms with Crippen molar-refractivity contribution in [1.82, 2.24) is 10.1 Å². The van der Waals surface area contributed by atoms with Crippen LogP contribution in [0.4, 0.5) is 0 Å². The lowest BCUT2D eigenvalue weighted by Crippen LogP contribution is -1.95. The molecule has 0 unspecified atom stereocenters. The van der Waals surface area contributed by atoms with Crippen molar-refractivity contribution in [2.24, 2.45) is 5.73 Å². The van der Waals surface area contributed by atoms with Gasteiger partial charge in [-0.05, 0) is 23.8 Å². The summed E-state index contributed by atoms with van der Waals surface area (Å²) in [4.78, 5) is 4.18. The van der Waals surface area contributed by atoms with E-state index in [2.05, 4.69) is 10.1 Å². The molecule has 3 rings (SSSR count). The van der Waals surface area contributed by atoms with Crippen molar-refractivity contribution in [3.63, 3.8) is 0 Å². The Labute approximate surface area is 104 Å². The Morgan fingerprint density at radius 3 is 3.00 bits per heavy atom. The lowest BCUT2D eigenvalue weighted by atomic mass is 10.1. The maximum atomic E-state index is 5.43. The van der Waals surface area contributed by atoms with E-state index in [0.717, 1.165) is 24.3 Å². The fourth-order valence-corrected chi connectivity index (χ4v) is 1.78. The smallest absolute Gasteiger partial charge is 0.240 e. The molecular formula is C11H12ClN3O2. The molecule has 2 aromatic rings. The van der Waals surface area contributed by atoms with Gasteiger partial charge in [-0.15, -0.1) is 12.4 Å². The van der Waals surface area contributed by atoms with Crippen LogP contribution in [0.3, 0.4) is 0 Å². The molecule has 0 saturated carbocycles. The molecule has 1 aliphatic rings. The van der Waals surface area contributed by atoms with Crippen molar-refractivity contribution in [3.05, 3.63) is 29.7 Å². The van der Waals surface area contributed by atoms with Crippen LogP contribution in [0.1, 0.15) is 11.5 Å². The van der Waals surface area contributed by atoms with E-state index in [-0.39, 0.29) is 19.0 Å². The molecule has 0 atom stereocenters. The van der Waals surface area contributed by atoms with E-state index in [0.29, 0.717) is 11.7 Å². The van der Waals surface area contributed by atoms with Crippen LogP contribution < -0.4 is 10.5 Å². The topological polar surface area (TPSA) is 74.2 Å². The number of aromatic nitrogens is 2. The van der Waals surface area contributed by atoms with Crippen LogP contribution in [0.5, 0.6) is 5.75 Å². The lowest BCUT2D eigenvalue weighted by molar-refractivity contribution is 0.357. The van der Waals surface area contributed by atoms with Gasteiger partial charge in [-0.2, -0.15) is 4.98 Å². The monoisotopic (exact) mass is 253 g/mol. The normalized spacial score (nSPS) is 12.8. The van der Waals surface area contributed by atoms with E-state index >= 15 is 0 Å². The van der Waals surface area contributed by atoms with Crippen molar-refractivity contribution < 1.29 is 9.26 Å². The summed E-state index contributed by atoms with van der Waals surface area (Å²) >= 11 is 0. The van der Waals surface area contributed by atoms with Crippen LogP contribution in [0.15, 0.2) is 22.7 Å². The zero-order valence-electron chi connectivity index (χ0n) is 9.05. The van der Waals surface area contributed by atoms with E-state index < -0.39 is 0 Å². The first-order valence-electron chi connectivity index (χ1n) is 5.15. The number of hydrogen-bond donors (Lipinski definition) is 1. The molecule has 2 N–H and O–H groups in total.